The molecule has 0 aromatic carbocycles. The lowest BCUT2D eigenvalue weighted by Crippen LogP contribution is -2.32. The summed E-state index contributed by atoms with van der Waals surface area (Å²) in [6, 6.07) is 0. The van der Waals surface area contributed by atoms with E-state index in [1.807, 2.05) is 27.7 Å². The third kappa shape index (κ3) is 11.3. The van der Waals surface area contributed by atoms with Crippen LogP contribution >= 0.6 is 0 Å². The number of ether oxygens (including phenoxy) is 2. The number of hydrogen-bond donors (Lipinski definition) is 1. The average Bonchev–Trinajstić information content (AvgIpc) is 2.08. The van der Waals surface area contributed by atoms with Crippen molar-refractivity contribution in [2.45, 2.75) is 39.7 Å². The average molecular weight is 217 g/mol. The molecule has 0 spiro atoms. The first-order valence-corrected chi connectivity index (χ1v) is 5.46. The van der Waals surface area contributed by atoms with Gasteiger partial charge >= 0.3 is 5.97 Å². The predicted octanol–water partition coefficient (Wildman–Crippen LogP) is 1.34. The van der Waals surface area contributed by atoms with Gasteiger partial charge in [-0.15, -0.1) is 0 Å². The van der Waals surface area contributed by atoms with Gasteiger partial charge in [0.25, 0.3) is 0 Å². The second-order valence-electron chi connectivity index (χ2n) is 4.31. The van der Waals surface area contributed by atoms with Gasteiger partial charge < -0.3 is 14.8 Å². The molecule has 0 rings (SSSR count). The molecule has 4 nitrogen and oxygen atoms in total. The van der Waals surface area contributed by atoms with Crippen LogP contribution in [-0.4, -0.2) is 37.9 Å². The highest BCUT2D eigenvalue weighted by atomic mass is 16.6. The summed E-state index contributed by atoms with van der Waals surface area (Å²) in [7, 11) is 0. The van der Waals surface area contributed by atoms with E-state index in [-0.39, 0.29) is 12.5 Å². The number of nitrogens with one attached hydrogen (secondary N) is 1. The van der Waals surface area contributed by atoms with Crippen molar-refractivity contribution in [2.24, 2.45) is 0 Å². The molecule has 0 aliphatic carbocycles. The molecule has 0 aromatic heterocycles. The highest BCUT2D eigenvalue weighted by Crippen LogP contribution is 2.05. The quantitative estimate of drug-likeness (QED) is 0.516. The summed E-state index contributed by atoms with van der Waals surface area (Å²) in [5, 5.41) is 3.01. The third-order valence-electron chi connectivity index (χ3n) is 1.54. The van der Waals surface area contributed by atoms with E-state index in [0.29, 0.717) is 0 Å². The molecule has 0 saturated heterocycles. The molecular weight excluding hydrogens is 194 g/mol. The van der Waals surface area contributed by atoms with Gasteiger partial charge in [0.15, 0.2) is 0 Å². The van der Waals surface area contributed by atoms with Gasteiger partial charge in [0.2, 0.25) is 0 Å². The van der Waals surface area contributed by atoms with Crippen LogP contribution in [0.4, 0.5) is 0 Å². The summed E-state index contributed by atoms with van der Waals surface area (Å²) in [5.41, 5.74) is -0.399. The molecule has 0 heterocycles. The summed E-state index contributed by atoms with van der Waals surface area (Å²) < 4.78 is 10.3. The van der Waals surface area contributed by atoms with Gasteiger partial charge in [0.1, 0.15) is 5.60 Å². The minimum atomic E-state index is -0.399. The van der Waals surface area contributed by atoms with Gasteiger partial charge in [-0.2, -0.15) is 0 Å². The zero-order chi connectivity index (χ0) is 11.7. The zero-order valence-electron chi connectivity index (χ0n) is 10.3. The first-order chi connectivity index (χ1) is 6.95. The van der Waals surface area contributed by atoms with Gasteiger partial charge in [-0.25, -0.2) is 0 Å². The standard InChI is InChI=1S/C11H23NO3/c1-5-14-8-6-7-12-9-10(13)15-11(2,3)4/h12H,5-9H2,1-4H3. The Morgan fingerprint density at radius 1 is 1.33 bits per heavy atom. The van der Waals surface area contributed by atoms with E-state index >= 15 is 0 Å². The molecule has 90 valence electrons. The van der Waals surface area contributed by atoms with Crippen molar-refractivity contribution < 1.29 is 14.3 Å². The minimum Gasteiger partial charge on any atom is -0.459 e. The van der Waals surface area contributed by atoms with Crippen LogP contribution in [0.25, 0.3) is 0 Å². The van der Waals surface area contributed by atoms with Crippen LogP contribution in [0.15, 0.2) is 0 Å². The summed E-state index contributed by atoms with van der Waals surface area (Å²) in [5.74, 6) is -0.209. The van der Waals surface area contributed by atoms with Gasteiger partial charge in [0, 0.05) is 13.2 Å². The first-order valence-electron chi connectivity index (χ1n) is 5.46. The lowest BCUT2D eigenvalue weighted by molar-refractivity contribution is -0.153. The molecule has 0 bridgehead atoms. The van der Waals surface area contributed by atoms with Crippen LogP contribution in [0.3, 0.4) is 0 Å². The van der Waals surface area contributed by atoms with E-state index in [9.17, 15) is 4.79 Å². The smallest absolute Gasteiger partial charge is 0.320 e. The van der Waals surface area contributed by atoms with Crippen LogP contribution in [0.1, 0.15) is 34.1 Å². The largest absolute Gasteiger partial charge is 0.459 e. The first kappa shape index (κ1) is 14.4. The molecule has 0 aromatic rings. The Morgan fingerprint density at radius 2 is 2.00 bits per heavy atom. The fourth-order valence-electron chi connectivity index (χ4n) is 1.01. The van der Waals surface area contributed by atoms with Crippen LogP contribution in [0.2, 0.25) is 0 Å². The van der Waals surface area contributed by atoms with E-state index in [4.69, 9.17) is 9.47 Å². The topological polar surface area (TPSA) is 47.6 Å². The highest BCUT2D eigenvalue weighted by molar-refractivity contribution is 5.72. The van der Waals surface area contributed by atoms with E-state index in [1.165, 1.54) is 0 Å². The molecular formula is C11H23NO3. The predicted molar refractivity (Wildman–Crippen MR) is 59.8 cm³/mol. The van der Waals surface area contributed by atoms with Gasteiger partial charge in [-0.3, -0.25) is 4.79 Å². The normalized spacial score (nSPS) is 11.5. The van der Waals surface area contributed by atoms with E-state index < -0.39 is 5.60 Å². The van der Waals surface area contributed by atoms with Crippen molar-refractivity contribution in [2.75, 3.05) is 26.3 Å². The Labute approximate surface area is 92.3 Å². The lowest BCUT2D eigenvalue weighted by Gasteiger charge is -2.19. The highest BCUT2D eigenvalue weighted by Gasteiger charge is 2.15. The lowest BCUT2D eigenvalue weighted by atomic mass is 10.2. The van der Waals surface area contributed by atoms with Gasteiger partial charge in [-0.05, 0) is 40.7 Å². The van der Waals surface area contributed by atoms with Gasteiger partial charge in [0.05, 0.1) is 6.54 Å². The molecule has 0 aliphatic rings. The fraction of sp³-hybridized carbons (Fsp3) is 0.909. The minimum absolute atomic E-state index is 0.209. The monoisotopic (exact) mass is 217 g/mol. The van der Waals surface area contributed by atoms with Crippen molar-refractivity contribution >= 4 is 5.97 Å². The third-order valence-corrected chi connectivity index (χ3v) is 1.54. The van der Waals surface area contributed by atoms with E-state index in [0.717, 1.165) is 26.2 Å². The molecule has 0 unspecified atom stereocenters. The Kier molecular flexibility index (Phi) is 7.34. The Hall–Kier alpha value is -0.610. The summed E-state index contributed by atoms with van der Waals surface area (Å²) in [4.78, 5) is 11.2. The van der Waals surface area contributed by atoms with Crippen molar-refractivity contribution in [3.63, 3.8) is 0 Å². The molecule has 0 atom stereocenters. The number of rotatable bonds is 7. The van der Waals surface area contributed by atoms with Crippen molar-refractivity contribution in [3.05, 3.63) is 0 Å². The second-order valence-corrected chi connectivity index (χ2v) is 4.31. The summed E-state index contributed by atoms with van der Waals surface area (Å²) in [6.45, 7) is 10.1. The van der Waals surface area contributed by atoms with E-state index in [2.05, 4.69) is 5.32 Å². The van der Waals surface area contributed by atoms with Crippen molar-refractivity contribution in [1.29, 1.82) is 0 Å². The van der Waals surface area contributed by atoms with Crippen LogP contribution < -0.4 is 5.32 Å². The molecule has 4 heteroatoms. The Morgan fingerprint density at radius 3 is 2.53 bits per heavy atom. The SMILES string of the molecule is CCOCCCNCC(=O)OC(C)(C)C. The van der Waals surface area contributed by atoms with E-state index in [1.54, 1.807) is 0 Å². The van der Waals surface area contributed by atoms with Crippen molar-refractivity contribution in [1.82, 2.24) is 5.32 Å². The molecule has 0 saturated carbocycles. The Balaban J connectivity index is 3.32. The molecule has 0 amide bonds. The van der Waals surface area contributed by atoms with Crippen LogP contribution in [-0.2, 0) is 14.3 Å². The maximum Gasteiger partial charge on any atom is 0.320 e. The number of hydrogen-bond acceptors (Lipinski definition) is 4. The second kappa shape index (κ2) is 7.65. The zero-order valence-corrected chi connectivity index (χ0v) is 10.3. The molecule has 0 radical (unpaired) electrons. The van der Waals surface area contributed by atoms with Crippen molar-refractivity contribution in [3.8, 4) is 0 Å². The molecule has 15 heavy (non-hydrogen) atoms. The number of carbonyl (C=O) groups excluding carboxylic acids is 1. The number of esters is 1. The molecule has 1 N–H and O–H groups in total. The van der Waals surface area contributed by atoms with Crippen LogP contribution in [0, 0.1) is 0 Å². The number of carbonyl (C=O) groups is 1. The molecule has 0 fully saturated rings. The summed E-state index contributed by atoms with van der Waals surface area (Å²) in [6.07, 6.45) is 0.913. The van der Waals surface area contributed by atoms with Crippen LogP contribution in [0.5, 0.6) is 0 Å². The molecule has 0 aliphatic heterocycles. The summed E-state index contributed by atoms with van der Waals surface area (Å²) >= 11 is 0. The maximum atomic E-state index is 11.2. The fourth-order valence-corrected chi connectivity index (χ4v) is 1.01. The van der Waals surface area contributed by atoms with Gasteiger partial charge in [-0.1, -0.05) is 0 Å². The maximum absolute atomic E-state index is 11.2. The Bertz CT molecular complexity index is 175.